The summed E-state index contributed by atoms with van der Waals surface area (Å²) < 4.78 is 5.11. The molecule has 0 saturated heterocycles. The molecule has 0 aliphatic carbocycles. The SMILES string of the molecule is COc1cccc(-c2cnc(C#N)[nH]2)c1. The summed E-state index contributed by atoms with van der Waals surface area (Å²) in [5.41, 5.74) is 1.76. The highest BCUT2D eigenvalue weighted by molar-refractivity contribution is 5.60. The number of methoxy groups -OCH3 is 1. The van der Waals surface area contributed by atoms with Gasteiger partial charge in [-0.25, -0.2) is 4.98 Å². The average Bonchev–Trinajstić information content (AvgIpc) is 2.78. The molecule has 0 fully saturated rings. The molecule has 0 unspecified atom stereocenters. The fourth-order valence-corrected chi connectivity index (χ4v) is 1.32. The van der Waals surface area contributed by atoms with Gasteiger partial charge in [-0.05, 0) is 12.1 Å². The molecule has 1 aromatic heterocycles. The van der Waals surface area contributed by atoms with E-state index in [9.17, 15) is 0 Å². The number of imidazole rings is 1. The normalized spacial score (nSPS) is 9.60. The van der Waals surface area contributed by atoms with Crippen molar-refractivity contribution < 1.29 is 4.74 Å². The van der Waals surface area contributed by atoms with Crippen LogP contribution >= 0.6 is 0 Å². The molecule has 0 spiro atoms. The van der Waals surface area contributed by atoms with Gasteiger partial charge in [-0.1, -0.05) is 12.1 Å². The van der Waals surface area contributed by atoms with E-state index < -0.39 is 0 Å². The molecule has 1 heterocycles. The molecule has 15 heavy (non-hydrogen) atoms. The van der Waals surface area contributed by atoms with Crippen molar-refractivity contribution in [2.45, 2.75) is 0 Å². The maximum absolute atomic E-state index is 8.63. The Bertz CT molecular complexity index is 511. The molecular weight excluding hydrogens is 190 g/mol. The number of nitrogens with zero attached hydrogens (tertiary/aromatic N) is 2. The van der Waals surface area contributed by atoms with Crippen LogP contribution in [0.25, 0.3) is 11.3 Å². The molecule has 0 radical (unpaired) electrons. The Morgan fingerprint density at radius 3 is 3.00 bits per heavy atom. The number of rotatable bonds is 2. The molecule has 0 atom stereocenters. The minimum atomic E-state index is 0.313. The van der Waals surface area contributed by atoms with Crippen LogP contribution in [0.3, 0.4) is 0 Å². The zero-order valence-electron chi connectivity index (χ0n) is 8.19. The number of benzene rings is 1. The highest BCUT2D eigenvalue weighted by Gasteiger charge is 2.03. The number of hydrogen-bond acceptors (Lipinski definition) is 3. The number of ether oxygens (including phenoxy) is 1. The van der Waals surface area contributed by atoms with Gasteiger partial charge in [-0.3, -0.25) is 0 Å². The van der Waals surface area contributed by atoms with Crippen molar-refractivity contribution in [2.75, 3.05) is 7.11 Å². The van der Waals surface area contributed by atoms with Crippen LogP contribution in [0.2, 0.25) is 0 Å². The summed E-state index contributed by atoms with van der Waals surface area (Å²) in [5, 5.41) is 8.63. The summed E-state index contributed by atoms with van der Waals surface area (Å²) in [6, 6.07) is 9.52. The maximum atomic E-state index is 8.63. The molecule has 0 aliphatic heterocycles. The first-order valence-corrected chi connectivity index (χ1v) is 4.43. The molecule has 1 N–H and O–H groups in total. The van der Waals surface area contributed by atoms with Crippen LogP contribution in [-0.4, -0.2) is 17.1 Å². The summed E-state index contributed by atoms with van der Waals surface area (Å²) in [6.07, 6.45) is 1.63. The monoisotopic (exact) mass is 199 g/mol. The summed E-state index contributed by atoms with van der Waals surface area (Å²) in [4.78, 5) is 6.81. The van der Waals surface area contributed by atoms with Crippen molar-refractivity contribution in [3.8, 4) is 23.1 Å². The Balaban J connectivity index is 2.41. The lowest BCUT2D eigenvalue weighted by atomic mass is 10.1. The molecular formula is C11H9N3O. The van der Waals surface area contributed by atoms with Crippen molar-refractivity contribution >= 4 is 0 Å². The van der Waals surface area contributed by atoms with Crippen molar-refractivity contribution in [1.82, 2.24) is 9.97 Å². The maximum Gasteiger partial charge on any atom is 0.210 e. The lowest BCUT2D eigenvalue weighted by Crippen LogP contribution is -1.83. The van der Waals surface area contributed by atoms with Gasteiger partial charge in [0.25, 0.3) is 0 Å². The quantitative estimate of drug-likeness (QED) is 0.804. The first-order valence-electron chi connectivity index (χ1n) is 4.43. The van der Waals surface area contributed by atoms with E-state index in [1.54, 1.807) is 13.3 Å². The predicted octanol–water partition coefficient (Wildman–Crippen LogP) is 1.96. The highest BCUT2D eigenvalue weighted by Crippen LogP contribution is 2.21. The van der Waals surface area contributed by atoms with Crippen LogP contribution in [0.15, 0.2) is 30.5 Å². The molecule has 0 bridgehead atoms. The smallest absolute Gasteiger partial charge is 0.210 e. The Hall–Kier alpha value is -2.28. The van der Waals surface area contributed by atoms with E-state index >= 15 is 0 Å². The Morgan fingerprint density at radius 1 is 1.47 bits per heavy atom. The molecule has 0 saturated carbocycles. The van der Waals surface area contributed by atoms with Gasteiger partial charge in [-0.15, -0.1) is 0 Å². The molecule has 4 heteroatoms. The molecule has 2 rings (SSSR count). The van der Waals surface area contributed by atoms with E-state index in [4.69, 9.17) is 10.00 Å². The van der Waals surface area contributed by atoms with Crippen molar-refractivity contribution in [3.63, 3.8) is 0 Å². The Kier molecular flexibility index (Phi) is 2.38. The zero-order chi connectivity index (χ0) is 10.7. The Labute approximate surface area is 87.2 Å². The molecule has 0 amide bonds. The van der Waals surface area contributed by atoms with Crippen LogP contribution in [0.5, 0.6) is 5.75 Å². The van der Waals surface area contributed by atoms with Gasteiger partial charge >= 0.3 is 0 Å². The largest absolute Gasteiger partial charge is 0.497 e. The molecule has 2 aromatic rings. The number of aromatic nitrogens is 2. The number of hydrogen-bond donors (Lipinski definition) is 1. The summed E-state index contributed by atoms with van der Waals surface area (Å²) >= 11 is 0. The topological polar surface area (TPSA) is 61.7 Å². The number of H-pyrrole nitrogens is 1. The van der Waals surface area contributed by atoms with Gasteiger partial charge in [0, 0.05) is 5.56 Å². The summed E-state index contributed by atoms with van der Waals surface area (Å²) in [5.74, 6) is 1.09. The van der Waals surface area contributed by atoms with Gasteiger partial charge in [-0.2, -0.15) is 5.26 Å². The minimum absolute atomic E-state index is 0.313. The van der Waals surface area contributed by atoms with Crippen molar-refractivity contribution in [1.29, 1.82) is 5.26 Å². The van der Waals surface area contributed by atoms with Gasteiger partial charge in [0.2, 0.25) is 5.82 Å². The van der Waals surface area contributed by atoms with Crippen molar-refractivity contribution in [3.05, 3.63) is 36.3 Å². The van der Waals surface area contributed by atoms with Crippen LogP contribution < -0.4 is 4.74 Å². The third kappa shape index (κ3) is 1.81. The van der Waals surface area contributed by atoms with Crippen LogP contribution in [0, 0.1) is 11.3 Å². The van der Waals surface area contributed by atoms with Gasteiger partial charge < -0.3 is 9.72 Å². The average molecular weight is 199 g/mol. The summed E-state index contributed by atoms with van der Waals surface area (Å²) in [6.45, 7) is 0. The van der Waals surface area contributed by atoms with Crippen LogP contribution in [-0.2, 0) is 0 Å². The lowest BCUT2D eigenvalue weighted by molar-refractivity contribution is 0.415. The van der Waals surface area contributed by atoms with E-state index in [1.165, 1.54) is 0 Å². The second-order valence-electron chi connectivity index (χ2n) is 2.99. The third-order valence-electron chi connectivity index (χ3n) is 2.06. The zero-order valence-corrected chi connectivity index (χ0v) is 8.19. The van der Waals surface area contributed by atoms with Crippen LogP contribution in [0.1, 0.15) is 5.82 Å². The second-order valence-corrected chi connectivity index (χ2v) is 2.99. The number of nitriles is 1. The minimum Gasteiger partial charge on any atom is -0.497 e. The summed E-state index contributed by atoms with van der Waals surface area (Å²) in [7, 11) is 1.62. The van der Waals surface area contributed by atoms with Crippen molar-refractivity contribution in [2.24, 2.45) is 0 Å². The third-order valence-corrected chi connectivity index (χ3v) is 2.06. The molecule has 74 valence electrons. The van der Waals surface area contributed by atoms with Gasteiger partial charge in [0.1, 0.15) is 11.8 Å². The Morgan fingerprint density at radius 2 is 2.33 bits per heavy atom. The number of aromatic amines is 1. The first kappa shape index (κ1) is 9.28. The number of nitrogens with one attached hydrogen (secondary N) is 1. The van der Waals surface area contributed by atoms with Gasteiger partial charge in [0.05, 0.1) is 19.0 Å². The van der Waals surface area contributed by atoms with Crippen LogP contribution in [0.4, 0.5) is 0 Å². The van der Waals surface area contributed by atoms with Gasteiger partial charge in [0.15, 0.2) is 0 Å². The van der Waals surface area contributed by atoms with E-state index in [0.717, 1.165) is 17.0 Å². The van der Waals surface area contributed by atoms with E-state index in [0.29, 0.717) is 5.82 Å². The highest BCUT2D eigenvalue weighted by atomic mass is 16.5. The molecule has 0 aliphatic rings. The second kappa shape index (κ2) is 3.84. The first-order chi connectivity index (χ1) is 7.33. The fraction of sp³-hybridized carbons (Fsp3) is 0.0909. The predicted molar refractivity (Wildman–Crippen MR) is 55.3 cm³/mol. The fourth-order valence-electron chi connectivity index (χ4n) is 1.32. The standard InChI is InChI=1S/C11H9N3O/c1-15-9-4-2-3-8(5-9)10-7-13-11(6-12)14-10/h2-5,7H,1H3,(H,13,14). The molecule has 4 nitrogen and oxygen atoms in total. The molecule has 1 aromatic carbocycles. The van der Waals surface area contributed by atoms with E-state index in [2.05, 4.69) is 9.97 Å². The van der Waals surface area contributed by atoms with E-state index in [1.807, 2.05) is 30.3 Å². The van der Waals surface area contributed by atoms with E-state index in [-0.39, 0.29) is 0 Å². The lowest BCUT2D eigenvalue weighted by Gasteiger charge is -2.01.